The summed E-state index contributed by atoms with van der Waals surface area (Å²) < 4.78 is 0. The molecule has 0 aliphatic carbocycles. The number of nitrogens with one attached hydrogen (secondary N) is 1. The highest BCUT2D eigenvalue weighted by Gasteiger charge is 1.95. The summed E-state index contributed by atoms with van der Waals surface area (Å²) in [6.07, 6.45) is 5.38. The predicted molar refractivity (Wildman–Crippen MR) is 75.1 cm³/mol. The molecule has 0 heterocycles. The number of hydrogen-bond donors (Lipinski definition) is 1. The molecule has 2 aromatic rings. The van der Waals surface area contributed by atoms with Gasteiger partial charge in [0.15, 0.2) is 0 Å². The van der Waals surface area contributed by atoms with Gasteiger partial charge < -0.3 is 5.32 Å². The van der Waals surface area contributed by atoms with Crippen LogP contribution in [0.4, 0.5) is 0 Å². The molecule has 0 radical (unpaired) electrons. The molecule has 1 heteroatoms. The van der Waals surface area contributed by atoms with E-state index in [2.05, 4.69) is 66.9 Å². The van der Waals surface area contributed by atoms with E-state index in [0.717, 1.165) is 19.5 Å². The molecule has 0 atom stereocenters. The highest BCUT2D eigenvalue weighted by atomic mass is 14.8. The Hall–Kier alpha value is -1.60. The SMILES string of the molecule is C/C=C/CCNCc1ccc2ccccc2c1. The second-order valence-electron chi connectivity index (χ2n) is 4.22. The van der Waals surface area contributed by atoms with Gasteiger partial charge in [0.1, 0.15) is 0 Å². The van der Waals surface area contributed by atoms with Crippen LogP contribution in [-0.4, -0.2) is 6.54 Å². The molecule has 0 bridgehead atoms. The molecule has 0 spiro atoms. The maximum Gasteiger partial charge on any atom is 0.0205 e. The summed E-state index contributed by atoms with van der Waals surface area (Å²) in [6, 6.07) is 15.1. The molecular weight excluding hydrogens is 206 g/mol. The van der Waals surface area contributed by atoms with Crippen molar-refractivity contribution in [1.29, 1.82) is 0 Å². The number of benzene rings is 2. The summed E-state index contributed by atoms with van der Waals surface area (Å²) in [5.41, 5.74) is 1.35. The molecule has 0 amide bonds. The lowest BCUT2D eigenvalue weighted by molar-refractivity contribution is 0.696. The van der Waals surface area contributed by atoms with Crippen molar-refractivity contribution < 1.29 is 0 Å². The van der Waals surface area contributed by atoms with Crippen LogP contribution in [0, 0.1) is 0 Å². The fraction of sp³-hybridized carbons (Fsp3) is 0.250. The summed E-state index contributed by atoms with van der Waals surface area (Å²) in [6.45, 7) is 4.04. The predicted octanol–water partition coefficient (Wildman–Crippen LogP) is 3.90. The lowest BCUT2D eigenvalue weighted by atomic mass is 10.1. The van der Waals surface area contributed by atoms with Gasteiger partial charge in [-0.3, -0.25) is 0 Å². The third-order valence-electron chi connectivity index (χ3n) is 2.87. The monoisotopic (exact) mass is 225 g/mol. The van der Waals surface area contributed by atoms with Crippen LogP contribution in [0.25, 0.3) is 10.8 Å². The zero-order valence-corrected chi connectivity index (χ0v) is 10.3. The first-order chi connectivity index (χ1) is 8.40. The minimum Gasteiger partial charge on any atom is -0.312 e. The molecule has 0 aliphatic rings. The Morgan fingerprint density at radius 1 is 1.06 bits per heavy atom. The van der Waals surface area contributed by atoms with Gasteiger partial charge in [0, 0.05) is 6.54 Å². The van der Waals surface area contributed by atoms with Gasteiger partial charge in [0.2, 0.25) is 0 Å². The highest BCUT2D eigenvalue weighted by molar-refractivity contribution is 5.82. The first-order valence-electron chi connectivity index (χ1n) is 6.19. The lowest BCUT2D eigenvalue weighted by Gasteiger charge is -2.05. The molecule has 0 saturated heterocycles. The standard InChI is InChI=1S/C16H19N/c1-2-3-6-11-17-13-14-9-10-15-7-4-5-8-16(15)12-14/h2-5,7-10,12,17H,6,11,13H2,1H3/b3-2+. The Balaban J connectivity index is 1.95. The third kappa shape index (κ3) is 3.43. The summed E-state index contributed by atoms with van der Waals surface area (Å²) in [5, 5.41) is 6.08. The number of allylic oxidation sites excluding steroid dienone is 1. The molecule has 1 N–H and O–H groups in total. The first kappa shape index (κ1) is 11.9. The lowest BCUT2D eigenvalue weighted by Crippen LogP contribution is -2.13. The minimum absolute atomic E-state index is 0.947. The van der Waals surface area contributed by atoms with E-state index in [0.29, 0.717) is 0 Å². The molecular formula is C16H19N. The summed E-state index contributed by atoms with van der Waals surface area (Å²) in [4.78, 5) is 0. The van der Waals surface area contributed by atoms with Crippen molar-refractivity contribution in [3.63, 3.8) is 0 Å². The van der Waals surface area contributed by atoms with Gasteiger partial charge in [0.25, 0.3) is 0 Å². The van der Waals surface area contributed by atoms with Crippen LogP contribution >= 0.6 is 0 Å². The van der Waals surface area contributed by atoms with E-state index >= 15 is 0 Å². The molecule has 2 rings (SSSR count). The third-order valence-corrected chi connectivity index (χ3v) is 2.87. The van der Waals surface area contributed by atoms with Gasteiger partial charge in [-0.05, 0) is 42.3 Å². The fourth-order valence-corrected chi connectivity index (χ4v) is 1.93. The van der Waals surface area contributed by atoms with E-state index in [1.165, 1.54) is 16.3 Å². The van der Waals surface area contributed by atoms with Crippen molar-refractivity contribution in [2.45, 2.75) is 19.9 Å². The maximum atomic E-state index is 3.45. The van der Waals surface area contributed by atoms with E-state index in [1.807, 2.05) is 0 Å². The van der Waals surface area contributed by atoms with Gasteiger partial charge in [-0.1, -0.05) is 48.6 Å². The molecule has 0 aromatic heterocycles. The highest BCUT2D eigenvalue weighted by Crippen LogP contribution is 2.15. The fourth-order valence-electron chi connectivity index (χ4n) is 1.93. The Bertz CT molecular complexity index is 500. The zero-order valence-electron chi connectivity index (χ0n) is 10.3. The largest absolute Gasteiger partial charge is 0.312 e. The van der Waals surface area contributed by atoms with E-state index < -0.39 is 0 Å². The van der Waals surface area contributed by atoms with Gasteiger partial charge in [-0.25, -0.2) is 0 Å². The Morgan fingerprint density at radius 2 is 1.88 bits per heavy atom. The maximum absolute atomic E-state index is 3.45. The second kappa shape index (κ2) is 6.21. The van der Waals surface area contributed by atoms with E-state index in [-0.39, 0.29) is 0 Å². The molecule has 88 valence electrons. The number of rotatable bonds is 5. The summed E-state index contributed by atoms with van der Waals surface area (Å²) in [7, 11) is 0. The van der Waals surface area contributed by atoms with Crippen LogP contribution in [0.5, 0.6) is 0 Å². The van der Waals surface area contributed by atoms with Gasteiger partial charge in [-0.15, -0.1) is 0 Å². The Labute approximate surface area is 103 Å². The molecule has 0 unspecified atom stereocenters. The molecule has 2 aromatic carbocycles. The van der Waals surface area contributed by atoms with Crippen LogP contribution < -0.4 is 5.32 Å². The van der Waals surface area contributed by atoms with E-state index in [4.69, 9.17) is 0 Å². The Kier molecular flexibility index (Phi) is 4.34. The van der Waals surface area contributed by atoms with Crippen LogP contribution in [0.1, 0.15) is 18.9 Å². The molecule has 17 heavy (non-hydrogen) atoms. The smallest absolute Gasteiger partial charge is 0.0205 e. The van der Waals surface area contributed by atoms with Crippen molar-refractivity contribution in [2.75, 3.05) is 6.54 Å². The average molecular weight is 225 g/mol. The summed E-state index contributed by atoms with van der Waals surface area (Å²) in [5.74, 6) is 0. The van der Waals surface area contributed by atoms with Crippen molar-refractivity contribution in [2.24, 2.45) is 0 Å². The molecule has 0 aliphatic heterocycles. The van der Waals surface area contributed by atoms with Gasteiger partial charge >= 0.3 is 0 Å². The van der Waals surface area contributed by atoms with Crippen LogP contribution in [-0.2, 0) is 6.54 Å². The van der Waals surface area contributed by atoms with Crippen molar-refractivity contribution in [3.8, 4) is 0 Å². The normalized spacial score (nSPS) is 11.4. The van der Waals surface area contributed by atoms with Gasteiger partial charge in [0.05, 0.1) is 0 Å². The minimum atomic E-state index is 0.947. The van der Waals surface area contributed by atoms with Crippen molar-refractivity contribution in [1.82, 2.24) is 5.32 Å². The molecule has 0 fully saturated rings. The second-order valence-corrected chi connectivity index (χ2v) is 4.22. The first-order valence-corrected chi connectivity index (χ1v) is 6.19. The molecule has 0 saturated carbocycles. The number of fused-ring (bicyclic) bond motifs is 1. The Morgan fingerprint density at radius 3 is 2.71 bits per heavy atom. The van der Waals surface area contributed by atoms with Gasteiger partial charge in [-0.2, -0.15) is 0 Å². The molecule has 1 nitrogen and oxygen atoms in total. The van der Waals surface area contributed by atoms with Crippen molar-refractivity contribution in [3.05, 3.63) is 60.2 Å². The van der Waals surface area contributed by atoms with Crippen molar-refractivity contribution >= 4 is 10.8 Å². The van der Waals surface area contributed by atoms with Crippen LogP contribution in [0.15, 0.2) is 54.6 Å². The van der Waals surface area contributed by atoms with E-state index in [1.54, 1.807) is 0 Å². The average Bonchev–Trinajstić information content (AvgIpc) is 2.38. The topological polar surface area (TPSA) is 12.0 Å². The summed E-state index contributed by atoms with van der Waals surface area (Å²) >= 11 is 0. The van der Waals surface area contributed by atoms with Crippen LogP contribution in [0.2, 0.25) is 0 Å². The van der Waals surface area contributed by atoms with E-state index in [9.17, 15) is 0 Å². The number of hydrogen-bond acceptors (Lipinski definition) is 1. The zero-order chi connectivity index (χ0) is 11.9. The van der Waals surface area contributed by atoms with Crippen LogP contribution in [0.3, 0.4) is 0 Å². The quantitative estimate of drug-likeness (QED) is 0.601.